The van der Waals surface area contributed by atoms with E-state index in [0.717, 1.165) is 0 Å². The number of Topliss-reactive ketones (excluding diaryl/α,β-unsaturated/α-hetero) is 1. The molecule has 1 rings (SSSR count). The number of methoxy groups -OCH3 is 1. The summed E-state index contributed by atoms with van der Waals surface area (Å²) in [7, 11) is -2.56. The molecule has 17 heavy (non-hydrogen) atoms. The van der Waals surface area contributed by atoms with Gasteiger partial charge < -0.3 is 4.74 Å². The summed E-state index contributed by atoms with van der Waals surface area (Å²) in [5.74, 6) is -0.220. The second-order valence-electron chi connectivity index (χ2n) is 3.93. The van der Waals surface area contributed by atoms with E-state index in [1.807, 2.05) is 0 Å². The summed E-state index contributed by atoms with van der Waals surface area (Å²) in [6, 6.07) is 4.20. The molecule has 0 amide bonds. The van der Waals surface area contributed by atoms with Crippen LogP contribution in [0.5, 0.6) is 5.75 Å². The Kier molecular flexibility index (Phi) is 3.90. The maximum absolute atomic E-state index is 11.7. The summed E-state index contributed by atoms with van der Waals surface area (Å²) in [6.45, 7) is 3.48. The number of sulfonamides is 1. The Morgan fingerprint density at radius 2 is 1.94 bits per heavy atom. The normalized spacial score (nSPS) is 11.6. The summed E-state index contributed by atoms with van der Waals surface area (Å²) < 4.78 is 27.6. The maximum Gasteiger partial charge on any atom is 0.241 e. The first-order chi connectivity index (χ1) is 7.77. The van der Waals surface area contributed by atoms with Crippen molar-refractivity contribution >= 4 is 15.8 Å². The lowest BCUT2D eigenvalue weighted by atomic mass is 10.0. The van der Waals surface area contributed by atoms with E-state index in [4.69, 9.17) is 9.88 Å². The maximum atomic E-state index is 11.7. The highest BCUT2D eigenvalue weighted by molar-refractivity contribution is 7.89. The van der Waals surface area contributed by atoms with Gasteiger partial charge in [-0.2, -0.15) is 0 Å². The molecule has 1 aromatic carbocycles. The molecule has 0 fully saturated rings. The van der Waals surface area contributed by atoms with Crippen LogP contribution in [0.1, 0.15) is 24.2 Å². The Morgan fingerprint density at radius 3 is 2.35 bits per heavy atom. The Bertz CT molecular complexity index is 534. The quantitative estimate of drug-likeness (QED) is 0.820. The van der Waals surface area contributed by atoms with Crippen LogP contribution in [0.4, 0.5) is 0 Å². The fourth-order valence-corrected chi connectivity index (χ4v) is 2.11. The summed E-state index contributed by atoms with van der Waals surface area (Å²) in [6.07, 6.45) is 0. The molecule has 0 bridgehead atoms. The smallest absolute Gasteiger partial charge is 0.241 e. The van der Waals surface area contributed by atoms with Crippen molar-refractivity contribution in [3.63, 3.8) is 0 Å². The number of hydrogen-bond acceptors (Lipinski definition) is 4. The molecule has 0 saturated carbocycles. The van der Waals surface area contributed by atoms with Gasteiger partial charge in [0.25, 0.3) is 0 Å². The van der Waals surface area contributed by atoms with E-state index >= 15 is 0 Å². The Morgan fingerprint density at radius 1 is 1.35 bits per heavy atom. The van der Waals surface area contributed by atoms with Gasteiger partial charge in [-0.05, 0) is 18.2 Å². The molecule has 0 aromatic heterocycles. The lowest BCUT2D eigenvalue weighted by Crippen LogP contribution is -2.15. The van der Waals surface area contributed by atoms with E-state index in [2.05, 4.69) is 0 Å². The molecule has 0 radical (unpaired) electrons. The minimum atomic E-state index is -3.90. The first kappa shape index (κ1) is 13.7. The van der Waals surface area contributed by atoms with Crippen LogP contribution in [0, 0.1) is 5.92 Å². The van der Waals surface area contributed by atoms with Gasteiger partial charge in [-0.15, -0.1) is 0 Å². The Balaban J connectivity index is 3.38. The molecule has 0 unspecified atom stereocenters. The molecule has 0 saturated heterocycles. The average molecular weight is 257 g/mol. The average Bonchev–Trinajstić information content (AvgIpc) is 2.25. The van der Waals surface area contributed by atoms with E-state index < -0.39 is 10.0 Å². The first-order valence-electron chi connectivity index (χ1n) is 5.02. The highest BCUT2D eigenvalue weighted by atomic mass is 32.2. The molecule has 0 aliphatic heterocycles. The summed E-state index contributed by atoms with van der Waals surface area (Å²) in [5.41, 5.74) is 0.310. The monoisotopic (exact) mass is 257 g/mol. The van der Waals surface area contributed by atoms with Gasteiger partial charge in [0, 0.05) is 11.5 Å². The topological polar surface area (TPSA) is 86.5 Å². The van der Waals surface area contributed by atoms with Gasteiger partial charge in [0.2, 0.25) is 10.0 Å². The molecule has 2 N–H and O–H groups in total. The number of ether oxygens (including phenoxy) is 1. The van der Waals surface area contributed by atoms with Gasteiger partial charge in [0.15, 0.2) is 5.78 Å². The second kappa shape index (κ2) is 4.85. The lowest BCUT2D eigenvalue weighted by molar-refractivity contribution is 0.0939. The van der Waals surface area contributed by atoms with Gasteiger partial charge in [0.05, 0.1) is 7.11 Å². The molecule has 1 aromatic rings. The number of primary sulfonamides is 1. The van der Waals surface area contributed by atoms with Crippen LogP contribution in [0.25, 0.3) is 0 Å². The van der Waals surface area contributed by atoms with Gasteiger partial charge in [-0.25, -0.2) is 13.6 Å². The third-order valence-corrected chi connectivity index (χ3v) is 3.21. The zero-order chi connectivity index (χ0) is 13.2. The summed E-state index contributed by atoms with van der Waals surface area (Å²) in [5, 5.41) is 5.06. The number of hydrogen-bond donors (Lipinski definition) is 1. The van der Waals surface area contributed by atoms with Crippen molar-refractivity contribution in [1.29, 1.82) is 0 Å². The Labute approximate surface area is 101 Å². The van der Waals surface area contributed by atoms with E-state index in [1.54, 1.807) is 13.8 Å². The van der Waals surface area contributed by atoms with E-state index in [1.165, 1.54) is 25.3 Å². The van der Waals surface area contributed by atoms with Gasteiger partial charge in [-0.3, -0.25) is 4.79 Å². The number of nitrogens with two attached hydrogens (primary N) is 1. The highest BCUT2D eigenvalue weighted by Crippen LogP contribution is 2.24. The summed E-state index contributed by atoms with van der Waals surface area (Å²) in [4.78, 5) is 11.6. The van der Waals surface area contributed by atoms with Crippen LogP contribution in [0.15, 0.2) is 23.1 Å². The number of carbonyl (C=O) groups excluding carboxylic acids is 1. The standard InChI is InChI=1S/C11H15NO4S/c1-7(2)11(13)8-4-5-9(16-3)10(6-8)17(12,14)15/h4-7H,1-3H3,(H2,12,14,15). The number of benzene rings is 1. The van der Waals surface area contributed by atoms with Gasteiger partial charge in [-0.1, -0.05) is 13.8 Å². The van der Waals surface area contributed by atoms with Crippen LogP contribution >= 0.6 is 0 Å². The second-order valence-corrected chi connectivity index (χ2v) is 5.46. The molecule has 0 spiro atoms. The third kappa shape index (κ3) is 3.04. The predicted molar refractivity (Wildman–Crippen MR) is 63.5 cm³/mol. The van der Waals surface area contributed by atoms with Crippen LogP contribution in [0.2, 0.25) is 0 Å². The first-order valence-corrected chi connectivity index (χ1v) is 6.57. The van der Waals surface area contributed by atoms with E-state index in [9.17, 15) is 13.2 Å². The molecule has 0 aliphatic rings. The molecule has 94 valence electrons. The largest absolute Gasteiger partial charge is 0.495 e. The lowest BCUT2D eigenvalue weighted by Gasteiger charge is -2.09. The van der Waals surface area contributed by atoms with E-state index in [0.29, 0.717) is 5.56 Å². The number of rotatable bonds is 4. The van der Waals surface area contributed by atoms with Crippen LogP contribution < -0.4 is 9.88 Å². The van der Waals surface area contributed by atoms with E-state index in [-0.39, 0.29) is 22.3 Å². The zero-order valence-electron chi connectivity index (χ0n) is 9.93. The van der Waals surface area contributed by atoms with Crippen molar-refractivity contribution < 1.29 is 17.9 Å². The molecule has 5 nitrogen and oxygen atoms in total. The molecular weight excluding hydrogens is 242 g/mol. The molecule has 0 aliphatic carbocycles. The molecule has 6 heteroatoms. The predicted octanol–water partition coefficient (Wildman–Crippen LogP) is 1.18. The summed E-state index contributed by atoms with van der Waals surface area (Å²) >= 11 is 0. The zero-order valence-corrected chi connectivity index (χ0v) is 10.7. The van der Waals surface area contributed by atoms with Gasteiger partial charge in [0.1, 0.15) is 10.6 Å². The van der Waals surface area contributed by atoms with Crippen LogP contribution in [-0.4, -0.2) is 21.3 Å². The van der Waals surface area contributed by atoms with Crippen LogP contribution in [-0.2, 0) is 10.0 Å². The fraction of sp³-hybridized carbons (Fsp3) is 0.364. The van der Waals surface area contributed by atoms with Crippen molar-refractivity contribution in [2.75, 3.05) is 7.11 Å². The minimum Gasteiger partial charge on any atom is -0.495 e. The third-order valence-electron chi connectivity index (χ3n) is 2.28. The highest BCUT2D eigenvalue weighted by Gasteiger charge is 2.19. The Hall–Kier alpha value is -1.40. The van der Waals surface area contributed by atoms with Crippen molar-refractivity contribution in [2.24, 2.45) is 11.1 Å². The SMILES string of the molecule is COc1ccc(C(=O)C(C)C)cc1S(N)(=O)=O. The molecular formula is C11H15NO4S. The van der Waals surface area contributed by atoms with Crippen LogP contribution in [0.3, 0.4) is 0 Å². The minimum absolute atomic E-state index is 0.132. The van der Waals surface area contributed by atoms with Crippen molar-refractivity contribution in [3.8, 4) is 5.75 Å². The molecule has 0 atom stereocenters. The van der Waals surface area contributed by atoms with Crippen molar-refractivity contribution in [2.45, 2.75) is 18.7 Å². The number of ketones is 1. The van der Waals surface area contributed by atoms with Crippen molar-refractivity contribution in [1.82, 2.24) is 0 Å². The van der Waals surface area contributed by atoms with Gasteiger partial charge >= 0.3 is 0 Å². The number of carbonyl (C=O) groups is 1. The fourth-order valence-electron chi connectivity index (χ4n) is 1.39. The molecule has 0 heterocycles. The van der Waals surface area contributed by atoms with Crippen molar-refractivity contribution in [3.05, 3.63) is 23.8 Å².